The van der Waals surface area contributed by atoms with Crippen LogP contribution < -0.4 is 15.6 Å². The molecule has 1 aliphatic heterocycles. The number of carbonyl (C=O) groups excluding carboxylic acids is 3. The van der Waals surface area contributed by atoms with E-state index in [2.05, 4.69) is 10.7 Å². The van der Waals surface area contributed by atoms with Crippen molar-refractivity contribution in [2.45, 2.75) is 20.3 Å². The van der Waals surface area contributed by atoms with Crippen molar-refractivity contribution < 1.29 is 14.4 Å². The molecule has 4 rings (SSSR count). The van der Waals surface area contributed by atoms with Crippen molar-refractivity contribution in [2.24, 2.45) is 5.92 Å². The number of benzene rings is 2. The number of aromatic nitrogens is 1. The standard InChI is InChI=1S/C24H22Cl2N4O3/c1-14-3-4-15(2)30(14)28-24(33)16-5-8-19(9-6-16)27-23(32)17-11-22(31)29(13-17)21-12-18(25)7-10-20(21)26/h3-10,12,17H,11,13H2,1-2H3,(H,27,32)(H,28,33)/t17-/m0/s1. The number of halogens is 2. The van der Waals surface area contributed by atoms with Gasteiger partial charge in [0.05, 0.1) is 16.6 Å². The molecule has 3 aromatic rings. The van der Waals surface area contributed by atoms with Gasteiger partial charge < -0.3 is 10.2 Å². The van der Waals surface area contributed by atoms with Crippen LogP contribution in [-0.2, 0) is 9.59 Å². The number of carbonyl (C=O) groups is 3. The molecule has 0 saturated carbocycles. The topological polar surface area (TPSA) is 83.4 Å². The van der Waals surface area contributed by atoms with Crippen LogP contribution in [0, 0.1) is 19.8 Å². The quantitative estimate of drug-likeness (QED) is 0.546. The Bertz CT molecular complexity index is 1220. The second-order valence-electron chi connectivity index (χ2n) is 7.96. The summed E-state index contributed by atoms with van der Waals surface area (Å²) in [5, 5.41) is 3.67. The lowest BCUT2D eigenvalue weighted by molar-refractivity contribution is -0.122. The zero-order chi connectivity index (χ0) is 23.7. The van der Waals surface area contributed by atoms with Crippen molar-refractivity contribution in [1.82, 2.24) is 4.68 Å². The van der Waals surface area contributed by atoms with Crippen molar-refractivity contribution in [3.63, 3.8) is 0 Å². The molecule has 0 radical (unpaired) electrons. The number of hydrogen-bond donors (Lipinski definition) is 2. The molecule has 1 aliphatic rings. The van der Waals surface area contributed by atoms with Gasteiger partial charge in [-0.3, -0.25) is 24.5 Å². The first-order valence-corrected chi connectivity index (χ1v) is 11.1. The van der Waals surface area contributed by atoms with E-state index in [0.717, 1.165) is 11.4 Å². The van der Waals surface area contributed by atoms with Crippen molar-refractivity contribution in [3.05, 3.63) is 81.6 Å². The fourth-order valence-electron chi connectivity index (χ4n) is 3.77. The van der Waals surface area contributed by atoms with E-state index in [1.54, 1.807) is 47.1 Å². The van der Waals surface area contributed by atoms with Crippen LogP contribution in [0.1, 0.15) is 28.2 Å². The summed E-state index contributed by atoms with van der Waals surface area (Å²) in [6, 6.07) is 15.3. The van der Waals surface area contributed by atoms with Gasteiger partial charge in [0.25, 0.3) is 5.91 Å². The number of aryl methyl sites for hydroxylation is 2. The maximum atomic E-state index is 12.8. The highest BCUT2D eigenvalue weighted by Crippen LogP contribution is 2.33. The molecule has 0 unspecified atom stereocenters. The Labute approximate surface area is 201 Å². The molecule has 1 atom stereocenters. The molecular formula is C24H22Cl2N4O3. The maximum Gasteiger partial charge on any atom is 0.270 e. The lowest BCUT2D eigenvalue weighted by atomic mass is 10.1. The zero-order valence-corrected chi connectivity index (χ0v) is 19.6. The predicted octanol–water partition coefficient (Wildman–Crippen LogP) is 4.79. The van der Waals surface area contributed by atoms with Gasteiger partial charge in [0.2, 0.25) is 11.8 Å². The number of nitrogens with zero attached hydrogens (tertiary/aromatic N) is 2. The molecule has 0 spiro atoms. The Morgan fingerprint density at radius 2 is 1.64 bits per heavy atom. The normalized spacial score (nSPS) is 15.6. The SMILES string of the molecule is Cc1ccc(C)n1NC(=O)c1ccc(NC(=O)[C@H]2CC(=O)N(c3cc(Cl)ccc3Cl)C2)cc1. The zero-order valence-electron chi connectivity index (χ0n) is 18.1. The van der Waals surface area contributed by atoms with Gasteiger partial charge in [-0.05, 0) is 68.4 Å². The van der Waals surface area contributed by atoms with Gasteiger partial charge in [0.1, 0.15) is 0 Å². The minimum atomic E-state index is -0.532. The third-order valence-electron chi connectivity index (χ3n) is 5.59. The highest BCUT2D eigenvalue weighted by Gasteiger charge is 2.36. The molecule has 9 heteroatoms. The smallest absolute Gasteiger partial charge is 0.270 e. The van der Waals surface area contributed by atoms with Gasteiger partial charge >= 0.3 is 0 Å². The first-order chi connectivity index (χ1) is 15.7. The van der Waals surface area contributed by atoms with E-state index in [1.165, 1.54) is 4.90 Å². The summed E-state index contributed by atoms with van der Waals surface area (Å²) in [6.45, 7) is 4.02. The van der Waals surface area contributed by atoms with Crippen LogP contribution >= 0.6 is 23.2 Å². The van der Waals surface area contributed by atoms with E-state index in [9.17, 15) is 14.4 Å². The van der Waals surface area contributed by atoms with Crippen molar-refractivity contribution in [3.8, 4) is 0 Å². The Morgan fingerprint density at radius 1 is 0.970 bits per heavy atom. The molecule has 0 aliphatic carbocycles. The summed E-state index contributed by atoms with van der Waals surface area (Å²) in [5.41, 5.74) is 6.17. The average molecular weight is 485 g/mol. The molecule has 2 N–H and O–H groups in total. The highest BCUT2D eigenvalue weighted by atomic mass is 35.5. The summed E-state index contributed by atoms with van der Waals surface area (Å²) >= 11 is 12.2. The van der Waals surface area contributed by atoms with Crippen LogP contribution in [0.3, 0.4) is 0 Å². The number of anilines is 2. The third kappa shape index (κ3) is 4.89. The van der Waals surface area contributed by atoms with Gasteiger partial charge in [-0.15, -0.1) is 0 Å². The molecular weight excluding hydrogens is 463 g/mol. The Hall–Kier alpha value is -3.29. The Kier molecular flexibility index (Phi) is 6.44. The van der Waals surface area contributed by atoms with Crippen LogP contribution in [-0.4, -0.2) is 28.9 Å². The van der Waals surface area contributed by atoms with E-state index < -0.39 is 5.92 Å². The van der Waals surface area contributed by atoms with E-state index in [4.69, 9.17) is 23.2 Å². The molecule has 170 valence electrons. The van der Waals surface area contributed by atoms with Gasteiger partial charge in [-0.2, -0.15) is 0 Å². The minimum absolute atomic E-state index is 0.0741. The second-order valence-corrected chi connectivity index (χ2v) is 8.80. The maximum absolute atomic E-state index is 12.8. The van der Waals surface area contributed by atoms with Crippen LogP contribution in [0.5, 0.6) is 0 Å². The lowest BCUT2D eigenvalue weighted by Crippen LogP contribution is -2.28. The molecule has 2 aromatic carbocycles. The van der Waals surface area contributed by atoms with Crippen LogP contribution in [0.4, 0.5) is 11.4 Å². The number of rotatable bonds is 5. The van der Waals surface area contributed by atoms with E-state index in [1.807, 2.05) is 26.0 Å². The van der Waals surface area contributed by atoms with Crippen molar-refractivity contribution in [2.75, 3.05) is 22.2 Å². The van der Waals surface area contributed by atoms with Crippen molar-refractivity contribution in [1.29, 1.82) is 0 Å². The fraction of sp³-hybridized carbons (Fsp3) is 0.208. The monoisotopic (exact) mass is 484 g/mol. The van der Waals surface area contributed by atoms with Gasteiger partial charge in [0, 0.05) is 40.6 Å². The highest BCUT2D eigenvalue weighted by molar-refractivity contribution is 6.36. The van der Waals surface area contributed by atoms with Crippen molar-refractivity contribution >= 4 is 52.3 Å². The van der Waals surface area contributed by atoms with E-state index in [-0.39, 0.29) is 30.7 Å². The van der Waals surface area contributed by atoms with E-state index >= 15 is 0 Å². The average Bonchev–Trinajstić information content (AvgIpc) is 3.33. The molecule has 1 saturated heterocycles. The van der Waals surface area contributed by atoms with Crippen LogP contribution in [0.15, 0.2) is 54.6 Å². The molecule has 7 nitrogen and oxygen atoms in total. The Balaban J connectivity index is 1.39. The first-order valence-electron chi connectivity index (χ1n) is 10.4. The molecule has 33 heavy (non-hydrogen) atoms. The largest absolute Gasteiger partial charge is 0.326 e. The summed E-state index contributed by atoms with van der Waals surface area (Å²) in [6.07, 6.45) is 0.0741. The number of hydrogen-bond acceptors (Lipinski definition) is 3. The summed E-state index contributed by atoms with van der Waals surface area (Å²) < 4.78 is 1.72. The molecule has 0 bridgehead atoms. The molecule has 2 heterocycles. The van der Waals surface area contributed by atoms with E-state index in [0.29, 0.717) is 27.0 Å². The van der Waals surface area contributed by atoms with Gasteiger partial charge in [-0.25, -0.2) is 0 Å². The predicted molar refractivity (Wildman–Crippen MR) is 130 cm³/mol. The summed E-state index contributed by atoms with van der Waals surface area (Å²) in [7, 11) is 0. The van der Waals surface area contributed by atoms with Crippen LogP contribution in [0.2, 0.25) is 10.0 Å². The van der Waals surface area contributed by atoms with Gasteiger partial charge in [0.15, 0.2) is 0 Å². The second kappa shape index (κ2) is 9.29. The molecule has 3 amide bonds. The minimum Gasteiger partial charge on any atom is -0.326 e. The molecule has 1 aromatic heterocycles. The van der Waals surface area contributed by atoms with Crippen LogP contribution in [0.25, 0.3) is 0 Å². The summed E-state index contributed by atoms with van der Waals surface area (Å²) in [5.74, 6) is -1.26. The molecule has 1 fully saturated rings. The number of amides is 3. The number of nitrogens with one attached hydrogen (secondary N) is 2. The first kappa shape index (κ1) is 22.9. The summed E-state index contributed by atoms with van der Waals surface area (Å²) in [4.78, 5) is 39.3. The van der Waals surface area contributed by atoms with Gasteiger partial charge in [-0.1, -0.05) is 23.2 Å². The fourth-order valence-corrected chi connectivity index (χ4v) is 4.15. The lowest BCUT2D eigenvalue weighted by Gasteiger charge is -2.18. The Morgan fingerprint density at radius 3 is 2.30 bits per heavy atom. The third-order valence-corrected chi connectivity index (χ3v) is 6.15.